The molecule has 0 aliphatic rings. The first kappa shape index (κ1) is 9.27. The van der Waals surface area contributed by atoms with E-state index in [0.717, 1.165) is 0 Å². The van der Waals surface area contributed by atoms with Crippen LogP contribution in [0.2, 0.25) is 10.0 Å². The Morgan fingerprint density at radius 3 is 2.33 bits per heavy atom. The predicted octanol–water partition coefficient (Wildman–Crippen LogP) is 3.43. The molecule has 0 bridgehead atoms. The van der Waals surface area contributed by atoms with Gasteiger partial charge in [-0.3, -0.25) is 0 Å². The molecule has 1 aromatic carbocycles. The van der Waals surface area contributed by atoms with Crippen molar-refractivity contribution in [3.63, 3.8) is 0 Å². The van der Waals surface area contributed by atoms with Crippen LogP contribution in [-0.4, -0.2) is 13.1 Å². The average molecular weight is 201 g/mol. The highest BCUT2D eigenvalue weighted by molar-refractivity contribution is 6.38. The number of hydrogen-bond donors (Lipinski definition) is 0. The van der Waals surface area contributed by atoms with Gasteiger partial charge in [0.15, 0.2) is 0 Å². The van der Waals surface area contributed by atoms with Gasteiger partial charge in [-0.25, -0.2) is 4.99 Å². The van der Waals surface area contributed by atoms with E-state index < -0.39 is 0 Å². The highest BCUT2D eigenvalue weighted by atomic mass is 35.5. The molecular weight excluding hydrogens is 195 g/mol. The van der Waals surface area contributed by atoms with Crippen LogP contribution in [0.3, 0.4) is 0 Å². The van der Waals surface area contributed by atoms with Crippen LogP contribution in [-0.2, 0) is 0 Å². The normalized spacial score (nSPS) is 8.92. The van der Waals surface area contributed by atoms with Gasteiger partial charge in [0.1, 0.15) is 5.69 Å². The minimum absolute atomic E-state index is 0.499. The lowest BCUT2D eigenvalue weighted by atomic mass is 10.3. The molecule has 0 aliphatic carbocycles. The van der Waals surface area contributed by atoms with Crippen molar-refractivity contribution < 1.29 is 0 Å². The summed E-state index contributed by atoms with van der Waals surface area (Å²) in [7, 11) is 1.58. The van der Waals surface area contributed by atoms with Crippen LogP contribution in [0.25, 0.3) is 0 Å². The molecule has 0 aromatic heterocycles. The van der Waals surface area contributed by atoms with Gasteiger partial charge in [-0.15, -0.1) is 0 Å². The van der Waals surface area contributed by atoms with Crippen LogP contribution in [0.5, 0.6) is 0 Å². The third-order valence-corrected chi connectivity index (χ3v) is 1.81. The fourth-order valence-electron chi connectivity index (χ4n) is 0.696. The molecule has 0 aliphatic heterocycles. The van der Waals surface area contributed by atoms with Crippen molar-refractivity contribution in [1.82, 2.24) is 0 Å². The van der Waals surface area contributed by atoms with E-state index >= 15 is 0 Å². The van der Waals surface area contributed by atoms with E-state index in [1.807, 2.05) is 0 Å². The summed E-state index contributed by atoms with van der Waals surface area (Å²) in [5.41, 5.74) is 0.506. The molecule has 0 saturated carbocycles. The molecule has 0 saturated heterocycles. The van der Waals surface area contributed by atoms with E-state index in [9.17, 15) is 0 Å². The first-order valence-electron chi connectivity index (χ1n) is 3.24. The molecule has 1 rings (SSSR count). The molecule has 0 heterocycles. The number of rotatable bonds is 1. The largest absolute Gasteiger partial charge is 0.229 e. The summed E-state index contributed by atoms with van der Waals surface area (Å²) in [5, 5.41) is 0.998. The quantitative estimate of drug-likeness (QED) is 0.622. The number of benzene rings is 1. The van der Waals surface area contributed by atoms with Crippen molar-refractivity contribution in [3.05, 3.63) is 28.2 Å². The molecule has 4 heteroatoms. The second kappa shape index (κ2) is 4.27. The van der Waals surface area contributed by atoms with Gasteiger partial charge in [0.2, 0.25) is 0 Å². The number of hydrogen-bond acceptors (Lipinski definition) is 2. The van der Waals surface area contributed by atoms with E-state index in [0.29, 0.717) is 15.7 Å². The molecule has 0 unspecified atom stereocenters. The summed E-state index contributed by atoms with van der Waals surface area (Å²) in [6.07, 6.45) is 0. The first-order valence-corrected chi connectivity index (χ1v) is 4.00. The summed E-state index contributed by atoms with van der Waals surface area (Å²) in [6.45, 7) is 0. The smallest absolute Gasteiger partial charge is 0.112 e. The van der Waals surface area contributed by atoms with Gasteiger partial charge in [-0.2, -0.15) is 4.99 Å². The number of halogens is 2. The molecule has 0 spiro atoms. The van der Waals surface area contributed by atoms with Crippen LogP contribution < -0.4 is 0 Å². The lowest BCUT2D eigenvalue weighted by Crippen LogP contribution is -1.69. The predicted molar refractivity (Wildman–Crippen MR) is 51.9 cm³/mol. The maximum absolute atomic E-state index is 5.81. The number of para-hydroxylation sites is 1. The van der Waals surface area contributed by atoms with Crippen LogP contribution in [0, 0.1) is 0 Å². The van der Waals surface area contributed by atoms with E-state index in [-0.39, 0.29) is 0 Å². The van der Waals surface area contributed by atoms with Gasteiger partial charge < -0.3 is 0 Å². The molecular formula is C8H6Cl2N2. The summed E-state index contributed by atoms with van der Waals surface area (Å²) in [6, 6.07) is 7.61. The van der Waals surface area contributed by atoms with Crippen LogP contribution >= 0.6 is 23.2 Å². The highest BCUT2D eigenvalue weighted by Gasteiger charge is 2.01. The maximum atomic E-state index is 5.81. The van der Waals surface area contributed by atoms with Gasteiger partial charge in [0.05, 0.1) is 16.1 Å². The molecule has 62 valence electrons. The Bertz CT molecular complexity index is 321. The number of nitrogens with zero attached hydrogens (tertiary/aromatic N) is 2. The Kier molecular flexibility index (Phi) is 3.30. The monoisotopic (exact) mass is 200 g/mol. The fraction of sp³-hybridized carbons (Fsp3) is 0.125. The Balaban J connectivity index is 3.21. The summed E-state index contributed by atoms with van der Waals surface area (Å²) >= 11 is 11.6. The maximum Gasteiger partial charge on any atom is 0.112 e. The SMILES string of the molecule is CN=C=Nc1c(Cl)cccc1Cl. The van der Waals surface area contributed by atoms with Crippen molar-refractivity contribution >= 4 is 34.9 Å². The van der Waals surface area contributed by atoms with Gasteiger partial charge in [-0.05, 0) is 12.1 Å². The minimum Gasteiger partial charge on any atom is -0.229 e. The Labute approximate surface area is 80.6 Å². The van der Waals surface area contributed by atoms with E-state index in [1.165, 1.54) is 0 Å². The molecule has 12 heavy (non-hydrogen) atoms. The summed E-state index contributed by atoms with van der Waals surface area (Å²) in [4.78, 5) is 7.42. The van der Waals surface area contributed by atoms with Crippen molar-refractivity contribution in [3.8, 4) is 0 Å². The molecule has 0 amide bonds. The Morgan fingerprint density at radius 2 is 1.83 bits per heavy atom. The molecule has 0 N–H and O–H groups in total. The summed E-state index contributed by atoms with van der Waals surface area (Å²) in [5.74, 6) is 0. The zero-order valence-corrected chi connectivity index (χ0v) is 7.89. The third kappa shape index (κ3) is 2.08. The molecule has 0 fully saturated rings. The average Bonchev–Trinajstić information content (AvgIpc) is 2.04. The Hall–Kier alpha value is -0.820. The third-order valence-electron chi connectivity index (χ3n) is 1.20. The van der Waals surface area contributed by atoms with Crippen molar-refractivity contribution in [2.45, 2.75) is 0 Å². The topological polar surface area (TPSA) is 24.7 Å². The van der Waals surface area contributed by atoms with Gasteiger partial charge >= 0.3 is 0 Å². The van der Waals surface area contributed by atoms with Crippen molar-refractivity contribution in [1.29, 1.82) is 0 Å². The van der Waals surface area contributed by atoms with E-state index in [1.54, 1.807) is 25.2 Å². The van der Waals surface area contributed by atoms with Crippen molar-refractivity contribution in [2.75, 3.05) is 7.05 Å². The minimum atomic E-state index is 0.499. The molecule has 0 radical (unpaired) electrons. The zero-order valence-electron chi connectivity index (χ0n) is 6.38. The van der Waals surface area contributed by atoms with Crippen LogP contribution in [0.4, 0.5) is 5.69 Å². The number of aliphatic imine (C=N–C) groups is 2. The fourth-order valence-corrected chi connectivity index (χ4v) is 1.18. The molecule has 1 aromatic rings. The first-order chi connectivity index (χ1) is 5.75. The zero-order chi connectivity index (χ0) is 8.97. The van der Waals surface area contributed by atoms with Crippen LogP contribution in [0.1, 0.15) is 0 Å². The molecule has 0 atom stereocenters. The molecule has 2 nitrogen and oxygen atoms in total. The lowest BCUT2D eigenvalue weighted by Gasteiger charge is -1.96. The van der Waals surface area contributed by atoms with Crippen molar-refractivity contribution in [2.24, 2.45) is 9.98 Å². The highest BCUT2D eigenvalue weighted by Crippen LogP contribution is 2.31. The standard InChI is InChI=1S/C8H6Cl2N2/c1-11-5-12-8-6(9)3-2-4-7(8)10/h2-4H,1H3. The van der Waals surface area contributed by atoms with E-state index in [4.69, 9.17) is 23.2 Å². The van der Waals surface area contributed by atoms with E-state index in [2.05, 4.69) is 16.0 Å². The van der Waals surface area contributed by atoms with Gasteiger partial charge in [-0.1, -0.05) is 29.3 Å². The van der Waals surface area contributed by atoms with Gasteiger partial charge in [0, 0.05) is 7.05 Å². The Morgan fingerprint density at radius 1 is 1.25 bits per heavy atom. The van der Waals surface area contributed by atoms with Crippen LogP contribution in [0.15, 0.2) is 28.2 Å². The van der Waals surface area contributed by atoms with Gasteiger partial charge in [0.25, 0.3) is 0 Å². The second-order valence-corrected chi connectivity index (χ2v) is 2.82. The second-order valence-electron chi connectivity index (χ2n) is 2.01. The lowest BCUT2D eigenvalue weighted by molar-refractivity contribution is 1.44. The summed E-state index contributed by atoms with van der Waals surface area (Å²) < 4.78 is 0.